The third kappa shape index (κ3) is 4.99. The molecule has 5 rings (SSSR count). The van der Waals surface area contributed by atoms with Crippen molar-refractivity contribution in [3.63, 3.8) is 0 Å². The van der Waals surface area contributed by atoms with Crippen molar-refractivity contribution in [3.05, 3.63) is 99.9 Å². The monoisotopic (exact) mass is 529 g/mol. The fraction of sp³-hybridized carbons (Fsp3) is 0.394. The van der Waals surface area contributed by atoms with Crippen LogP contribution >= 0.6 is 11.6 Å². The molecule has 1 aliphatic heterocycles. The number of carbonyl (C=O) groups excluding carboxylic acids is 2. The Morgan fingerprint density at radius 2 is 1.50 bits per heavy atom. The van der Waals surface area contributed by atoms with Crippen LogP contribution in [0.5, 0.6) is 5.75 Å². The Bertz CT molecular complexity index is 1310. The number of nitrogens with zero attached hydrogens (tertiary/aromatic N) is 1. The molecule has 5 heteroatoms. The third-order valence-corrected chi connectivity index (χ3v) is 8.15. The van der Waals surface area contributed by atoms with Gasteiger partial charge in [-0.05, 0) is 46.9 Å². The van der Waals surface area contributed by atoms with Crippen molar-refractivity contribution in [2.45, 2.75) is 65.8 Å². The lowest BCUT2D eigenvalue weighted by Gasteiger charge is -2.49. The maximum Gasteiger partial charge on any atom is 0.162 e. The summed E-state index contributed by atoms with van der Waals surface area (Å²) in [5.74, 6) is 0.371. The largest absolute Gasteiger partial charge is 0.488 e. The Morgan fingerprint density at radius 1 is 0.921 bits per heavy atom. The van der Waals surface area contributed by atoms with E-state index in [4.69, 9.17) is 16.3 Å². The molecule has 0 spiro atoms. The van der Waals surface area contributed by atoms with Gasteiger partial charge in [-0.15, -0.1) is 0 Å². The lowest BCUT2D eigenvalue weighted by atomic mass is 9.63. The molecule has 38 heavy (non-hydrogen) atoms. The van der Waals surface area contributed by atoms with Crippen LogP contribution < -0.4 is 4.74 Å². The lowest BCUT2D eigenvalue weighted by Crippen LogP contribution is -2.44. The van der Waals surface area contributed by atoms with Crippen LogP contribution in [-0.4, -0.2) is 23.1 Å². The van der Waals surface area contributed by atoms with Gasteiger partial charge in [0.2, 0.25) is 0 Å². The molecule has 2 aromatic rings. The summed E-state index contributed by atoms with van der Waals surface area (Å²) in [5, 5.41) is 0.465. The molecule has 0 bridgehead atoms. The first-order valence-corrected chi connectivity index (χ1v) is 13.7. The summed E-state index contributed by atoms with van der Waals surface area (Å²) < 4.78 is 5.71. The van der Waals surface area contributed by atoms with Gasteiger partial charge in [0, 0.05) is 47.8 Å². The number of Topliss-reactive ketones (excluding diaryl/α,β-unsaturated/α-hetero) is 2. The molecule has 2 aliphatic carbocycles. The molecule has 0 fully saturated rings. The van der Waals surface area contributed by atoms with Crippen molar-refractivity contribution in [1.29, 1.82) is 0 Å². The van der Waals surface area contributed by atoms with Crippen molar-refractivity contribution < 1.29 is 14.3 Å². The van der Waals surface area contributed by atoms with Crippen molar-refractivity contribution >= 4 is 23.2 Å². The summed E-state index contributed by atoms with van der Waals surface area (Å²) in [7, 11) is 0. The minimum atomic E-state index is -0.426. The van der Waals surface area contributed by atoms with Crippen molar-refractivity contribution in [3.8, 4) is 5.75 Å². The van der Waals surface area contributed by atoms with Gasteiger partial charge in [0.05, 0.1) is 5.02 Å². The second-order valence-corrected chi connectivity index (χ2v) is 12.8. The van der Waals surface area contributed by atoms with Gasteiger partial charge in [-0.3, -0.25) is 9.59 Å². The Morgan fingerprint density at radius 3 is 2.03 bits per heavy atom. The van der Waals surface area contributed by atoms with Gasteiger partial charge in [-0.25, -0.2) is 0 Å². The molecule has 0 aromatic heterocycles. The number of carbonyl (C=O) groups is 2. The van der Waals surface area contributed by atoms with Gasteiger partial charge in [-0.2, -0.15) is 0 Å². The van der Waals surface area contributed by atoms with Gasteiger partial charge < -0.3 is 9.64 Å². The third-order valence-electron chi connectivity index (χ3n) is 7.85. The second-order valence-electron chi connectivity index (χ2n) is 12.4. The molecule has 1 heterocycles. The fourth-order valence-corrected chi connectivity index (χ4v) is 6.54. The van der Waals surface area contributed by atoms with Crippen LogP contribution in [-0.2, 0) is 16.1 Å². The SMILES string of the molecule is C=CCOc1ccc(C2C3=C(CC(C)(C)CC3=O)N(Cc3ccccc3)C3=C2C(=O)CC(C)(C)C3)cc1Cl. The lowest BCUT2D eigenvalue weighted by molar-refractivity contribution is -0.119. The van der Waals surface area contributed by atoms with E-state index >= 15 is 0 Å². The number of hydrogen-bond donors (Lipinski definition) is 0. The van der Waals surface area contributed by atoms with Crippen molar-refractivity contribution in [1.82, 2.24) is 4.90 Å². The first-order valence-electron chi connectivity index (χ1n) is 13.4. The molecule has 0 radical (unpaired) electrons. The standard InChI is InChI=1S/C33H36ClNO3/c1-6-14-38-28-13-12-22(15-23(28)34)29-30-24(16-32(2,3)18-26(30)36)35(20-21-10-8-7-9-11-21)25-17-33(4,5)19-27(37)31(25)29/h6-13,15,29H,1,14,16-20H2,2-5H3. The zero-order valence-electron chi connectivity index (χ0n) is 22.8. The number of ketones is 2. The van der Waals surface area contributed by atoms with Crippen LogP contribution in [0.2, 0.25) is 5.02 Å². The number of benzene rings is 2. The van der Waals surface area contributed by atoms with E-state index in [1.165, 1.54) is 0 Å². The first kappa shape index (κ1) is 26.5. The summed E-state index contributed by atoms with van der Waals surface area (Å²) in [4.78, 5) is 30.2. The summed E-state index contributed by atoms with van der Waals surface area (Å²) in [6.07, 6.45) is 4.13. The van der Waals surface area contributed by atoms with E-state index in [1.807, 2.05) is 36.4 Å². The van der Waals surface area contributed by atoms with Crippen LogP contribution in [0.4, 0.5) is 0 Å². The van der Waals surface area contributed by atoms with Crippen LogP contribution in [0.1, 0.15) is 70.4 Å². The van der Waals surface area contributed by atoms with E-state index < -0.39 is 5.92 Å². The van der Waals surface area contributed by atoms with Crippen LogP contribution in [0.15, 0.2) is 83.7 Å². The summed E-state index contributed by atoms with van der Waals surface area (Å²) in [5.41, 5.74) is 5.29. The number of allylic oxidation sites excluding steroid dienone is 4. The summed E-state index contributed by atoms with van der Waals surface area (Å²) in [6.45, 7) is 13.3. The second kappa shape index (κ2) is 9.89. The van der Waals surface area contributed by atoms with Gasteiger partial charge in [0.15, 0.2) is 11.6 Å². The average Bonchev–Trinajstić information content (AvgIpc) is 2.83. The molecular weight excluding hydrogens is 494 g/mol. The molecule has 2 aromatic carbocycles. The molecule has 0 saturated carbocycles. The van der Waals surface area contributed by atoms with Crippen LogP contribution in [0, 0.1) is 10.8 Å². The Kier molecular flexibility index (Phi) is 6.89. The first-order chi connectivity index (χ1) is 18.0. The van der Waals surface area contributed by atoms with E-state index in [-0.39, 0.29) is 22.4 Å². The number of ether oxygens (including phenoxy) is 1. The average molecular weight is 530 g/mol. The highest BCUT2D eigenvalue weighted by Gasteiger charge is 2.49. The maximum absolute atomic E-state index is 13.9. The predicted molar refractivity (Wildman–Crippen MR) is 152 cm³/mol. The smallest absolute Gasteiger partial charge is 0.162 e. The van der Waals surface area contributed by atoms with E-state index in [0.717, 1.165) is 46.5 Å². The maximum atomic E-state index is 13.9. The molecule has 0 amide bonds. The van der Waals surface area contributed by atoms with Gasteiger partial charge >= 0.3 is 0 Å². The van der Waals surface area contributed by atoms with E-state index in [9.17, 15) is 9.59 Å². The molecular formula is C33H36ClNO3. The van der Waals surface area contributed by atoms with Crippen LogP contribution in [0.3, 0.4) is 0 Å². The molecule has 3 aliphatic rings. The summed E-state index contributed by atoms with van der Waals surface area (Å²) >= 11 is 6.66. The van der Waals surface area contributed by atoms with E-state index in [1.54, 1.807) is 6.08 Å². The highest BCUT2D eigenvalue weighted by atomic mass is 35.5. The van der Waals surface area contributed by atoms with Gasteiger partial charge in [0.25, 0.3) is 0 Å². The van der Waals surface area contributed by atoms with Gasteiger partial charge in [0.1, 0.15) is 12.4 Å². The van der Waals surface area contributed by atoms with Gasteiger partial charge in [-0.1, -0.05) is 88.3 Å². The van der Waals surface area contributed by atoms with Crippen molar-refractivity contribution in [2.24, 2.45) is 10.8 Å². The molecule has 4 nitrogen and oxygen atoms in total. The highest BCUT2D eigenvalue weighted by molar-refractivity contribution is 6.32. The Hall–Kier alpha value is -3.11. The van der Waals surface area contributed by atoms with Crippen LogP contribution in [0.25, 0.3) is 0 Å². The van der Waals surface area contributed by atoms with E-state index in [2.05, 4.69) is 51.3 Å². The number of rotatable bonds is 6. The predicted octanol–water partition coefficient (Wildman–Crippen LogP) is 7.79. The minimum absolute atomic E-state index is 0.117. The zero-order chi connectivity index (χ0) is 27.2. The minimum Gasteiger partial charge on any atom is -0.488 e. The van der Waals surface area contributed by atoms with Crippen molar-refractivity contribution in [2.75, 3.05) is 6.61 Å². The Balaban J connectivity index is 1.72. The number of hydrogen-bond acceptors (Lipinski definition) is 4. The molecule has 0 unspecified atom stereocenters. The van der Waals surface area contributed by atoms with E-state index in [0.29, 0.717) is 36.8 Å². The Labute approximate surface area is 231 Å². The normalized spacial score (nSPS) is 20.8. The molecule has 0 atom stereocenters. The topological polar surface area (TPSA) is 46.6 Å². The molecule has 0 saturated heterocycles. The summed E-state index contributed by atoms with van der Waals surface area (Å²) in [6, 6.07) is 16.0. The highest BCUT2D eigenvalue weighted by Crippen LogP contribution is 2.55. The quantitative estimate of drug-likeness (QED) is 0.358. The molecule has 0 N–H and O–H groups in total. The number of halogens is 1. The molecule has 198 valence electrons. The zero-order valence-corrected chi connectivity index (χ0v) is 23.5. The fourth-order valence-electron chi connectivity index (χ4n) is 6.30.